The third kappa shape index (κ3) is 4.87. The van der Waals surface area contributed by atoms with Crippen molar-refractivity contribution in [1.82, 2.24) is 10.3 Å². The SMILES string of the molecule is COc1cccc(C(=O)NC(=S)Nc2ccc3nc(NC(=O)c4ccco4)sc3c2)c1. The van der Waals surface area contributed by atoms with Gasteiger partial charge in [-0.2, -0.15) is 0 Å². The van der Waals surface area contributed by atoms with Crippen LogP contribution in [-0.4, -0.2) is 29.0 Å². The molecule has 0 spiro atoms. The maximum Gasteiger partial charge on any atom is 0.293 e. The van der Waals surface area contributed by atoms with Gasteiger partial charge in [-0.25, -0.2) is 4.98 Å². The molecule has 2 aromatic carbocycles. The first kappa shape index (κ1) is 20.5. The van der Waals surface area contributed by atoms with Gasteiger partial charge < -0.3 is 14.5 Å². The Labute approximate surface area is 186 Å². The Hall–Kier alpha value is -3.76. The number of thiocarbonyl (C=S) groups is 1. The highest BCUT2D eigenvalue weighted by Gasteiger charge is 2.13. The molecule has 0 aliphatic heterocycles. The largest absolute Gasteiger partial charge is 0.497 e. The standard InChI is InChI=1S/C21H16N4O4S2/c1-28-14-5-2-4-12(10-14)18(26)24-20(30)22-13-7-8-15-17(11-13)31-21(23-15)25-19(27)16-6-3-9-29-16/h2-11H,1H3,(H,23,25,27)(H2,22,24,26,30). The monoisotopic (exact) mass is 452 g/mol. The number of thiazole rings is 1. The second-order valence-electron chi connectivity index (χ2n) is 6.27. The molecular weight excluding hydrogens is 436 g/mol. The second-order valence-corrected chi connectivity index (χ2v) is 7.71. The third-order valence-corrected chi connectivity index (χ3v) is 5.31. The summed E-state index contributed by atoms with van der Waals surface area (Å²) < 4.78 is 11.0. The number of furan rings is 1. The van der Waals surface area contributed by atoms with E-state index in [0.29, 0.717) is 22.1 Å². The summed E-state index contributed by atoms with van der Waals surface area (Å²) in [6, 6.07) is 15.4. The lowest BCUT2D eigenvalue weighted by Gasteiger charge is -2.10. The molecule has 0 bridgehead atoms. The number of anilines is 2. The summed E-state index contributed by atoms with van der Waals surface area (Å²) in [6.45, 7) is 0. The van der Waals surface area contributed by atoms with Crippen LogP contribution in [0.4, 0.5) is 10.8 Å². The van der Waals surface area contributed by atoms with Gasteiger partial charge in [-0.3, -0.25) is 20.2 Å². The van der Waals surface area contributed by atoms with Gasteiger partial charge in [0.05, 0.1) is 23.6 Å². The van der Waals surface area contributed by atoms with E-state index in [1.54, 1.807) is 48.5 Å². The normalized spacial score (nSPS) is 10.5. The highest BCUT2D eigenvalue weighted by Crippen LogP contribution is 2.28. The maximum atomic E-state index is 12.4. The first-order valence-corrected chi connectivity index (χ1v) is 10.3. The molecule has 0 saturated heterocycles. The van der Waals surface area contributed by atoms with E-state index in [9.17, 15) is 9.59 Å². The van der Waals surface area contributed by atoms with Crippen molar-refractivity contribution in [3.05, 3.63) is 72.2 Å². The molecule has 156 valence electrons. The minimum atomic E-state index is -0.371. The number of carbonyl (C=O) groups excluding carboxylic acids is 2. The van der Waals surface area contributed by atoms with Crippen molar-refractivity contribution in [2.75, 3.05) is 17.7 Å². The van der Waals surface area contributed by atoms with Crippen LogP contribution in [0.3, 0.4) is 0 Å². The van der Waals surface area contributed by atoms with Crippen molar-refractivity contribution in [3.8, 4) is 5.75 Å². The van der Waals surface area contributed by atoms with Crippen LogP contribution in [0.15, 0.2) is 65.3 Å². The molecule has 2 amide bonds. The van der Waals surface area contributed by atoms with Gasteiger partial charge in [0, 0.05) is 11.3 Å². The molecule has 8 nitrogen and oxygen atoms in total. The fourth-order valence-electron chi connectivity index (χ4n) is 2.72. The number of rotatable bonds is 5. The number of methoxy groups -OCH3 is 1. The zero-order valence-corrected chi connectivity index (χ0v) is 17.8. The van der Waals surface area contributed by atoms with Gasteiger partial charge in [0.25, 0.3) is 11.8 Å². The lowest BCUT2D eigenvalue weighted by atomic mass is 10.2. The quantitative estimate of drug-likeness (QED) is 0.388. The summed E-state index contributed by atoms with van der Waals surface area (Å²) in [5.41, 5.74) is 1.82. The fraction of sp³-hybridized carbons (Fsp3) is 0.0476. The van der Waals surface area contributed by atoms with E-state index in [4.69, 9.17) is 21.4 Å². The first-order chi connectivity index (χ1) is 15.0. The maximum absolute atomic E-state index is 12.4. The average molecular weight is 453 g/mol. The van der Waals surface area contributed by atoms with Crippen LogP contribution in [-0.2, 0) is 0 Å². The van der Waals surface area contributed by atoms with E-state index in [-0.39, 0.29) is 22.7 Å². The van der Waals surface area contributed by atoms with Crippen LogP contribution >= 0.6 is 23.6 Å². The molecule has 0 aliphatic carbocycles. The molecule has 4 aromatic rings. The van der Waals surface area contributed by atoms with E-state index < -0.39 is 0 Å². The Morgan fingerprint density at radius 3 is 2.71 bits per heavy atom. The molecule has 0 unspecified atom stereocenters. The topological polar surface area (TPSA) is 105 Å². The molecule has 0 saturated carbocycles. The number of nitrogens with one attached hydrogen (secondary N) is 3. The fourth-order valence-corrected chi connectivity index (χ4v) is 3.83. The summed E-state index contributed by atoms with van der Waals surface area (Å²) >= 11 is 6.56. The van der Waals surface area contributed by atoms with Crippen LogP contribution in [0.5, 0.6) is 5.75 Å². The minimum absolute atomic E-state index is 0.156. The van der Waals surface area contributed by atoms with E-state index in [1.165, 1.54) is 24.7 Å². The zero-order chi connectivity index (χ0) is 21.8. The van der Waals surface area contributed by atoms with Crippen molar-refractivity contribution in [1.29, 1.82) is 0 Å². The minimum Gasteiger partial charge on any atom is -0.497 e. The molecule has 0 aliphatic rings. The number of aromatic nitrogens is 1. The van der Waals surface area contributed by atoms with Gasteiger partial charge in [-0.15, -0.1) is 0 Å². The van der Waals surface area contributed by atoms with Crippen molar-refractivity contribution in [3.63, 3.8) is 0 Å². The number of nitrogens with zero attached hydrogens (tertiary/aromatic N) is 1. The number of ether oxygens (including phenoxy) is 1. The van der Waals surface area contributed by atoms with E-state index in [1.807, 2.05) is 6.07 Å². The van der Waals surface area contributed by atoms with Crippen molar-refractivity contribution >= 4 is 61.5 Å². The van der Waals surface area contributed by atoms with Gasteiger partial charge in [-0.1, -0.05) is 17.4 Å². The lowest BCUT2D eigenvalue weighted by Crippen LogP contribution is -2.34. The molecule has 2 aromatic heterocycles. The van der Waals surface area contributed by atoms with Gasteiger partial charge in [0.2, 0.25) is 0 Å². The number of carbonyl (C=O) groups is 2. The van der Waals surface area contributed by atoms with Crippen molar-refractivity contribution in [2.45, 2.75) is 0 Å². The summed E-state index contributed by atoms with van der Waals surface area (Å²) in [4.78, 5) is 28.9. The molecule has 0 fully saturated rings. The Morgan fingerprint density at radius 1 is 1.06 bits per heavy atom. The first-order valence-electron chi connectivity index (χ1n) is 9.03. The summed E-state index contributed by atoms with van der Waals surface area (Å²) in [6.07, 6.45) is 1.43. The van der Waals surface area contributed by atoms with Crippen LogP contribution < -0.4 is 20.7 Å². The average Bonchev–Trinajstić information content (AvgIpc) is 3.43. The lowest BCUT2D eigenvalue weighted by molar-refractivity contribution is 0.0974. The van der Waals surface area contributed by atoms with Gasteiger partial charge in [-0.05, 0) is 60.7 Å². The number of fused-ring (bicyclic) bond motifs is 1. The van der Waals surface area contributed by atoms with E-state index in [2.05, 4.69) is 20.9 Å². The summed E-state index contributed by atoms with van der Waals surface area (Å²) in [7, 11) is 1.53. The molecule has 4 rings (SSSR count). The molecule has 0 atom stereocenters. The number of hydrogen-bond donors (Lipinski definition) is 3. The Balaban J connectivity index is 1.41. The Morgan fingerprint density at radius 2 is 1.94 bits per heavy atom. The Bertz CT molecular complexity index is 1270. The molecule has 2 heterocycles. The summed E-state index contributed by atoms with van der Waals surface area (Å²) in [5.74, 6) is 0.0675. The molecule has 10 heteroatoms. The van der Waals surface area contributed by atoms with Gasteiger partial charge in [0.15, 0.2) is 16.0 Å². The second kappa shape index (κ2) is 8.94. The number of amides is 2. The predicted octanol–water partition coefficient (Wildman–Crippen LogP) is 4.28. The van der Waals surface area contributed by atoms with Crippen LogP contribution in [0.2, 0.25) is 0 Å². The number of benzene rings is 2. The van der Waals surface area contributed by atoms with Crippen molar-refractivity contribution in [2.24, 2.45) is 0 Å². The molecule has 31 heavy (non-hydrogen) atoms. The van der Waals surface area contributed by atoms with Gasteiger partial charge in [0.1, 0.15) is 5.75 Å². The van der Waals surface area contributed by atoms with E-state index >= 15 is 0 Å². The number of hydrogen-bond acceptors (Lipinski definition) is 7. The Kier molecular flexibility index (Phi) is 5.92. The highest BCUT2D eigenvalue weighted by atomic mass is 32.1. The van der Waals surface area contributed by atoms with Gasteiger partial charge >= 0.3 is 0 Å². The molecule has 3 N–H and O–H groups in total. The molecule has 0 radical (unpaired) electrons. The molecular formula is C21H16N4O4S2. The summed E-state index contributed by atoms with van der Waals surface area (Å²) in [5, 5.41) is 8.93. The highest BCUT2D eigenvalue weighted by molar-refractivity contribution is 7.80. The van der Waals surface area contributed by atoms with Crippen LogP contribution in [0, 0.1) is 0 Å². The van der Waals surface area contributed by atoms with E-state index in [0.717, 1.165) is 10.2 Å². The predicted molar refractivity (Wildman–Crippen MR) is 123 cm³/mol. The van der Waals surface area contributed by atoms with Crippen molar-refractivity contribution < 1.29 is 18.7 Å². The smallest absolute Gasteiger partial charge is 0.293 e. The third-order valence-electron chi connectivity index (χ3n) is 4.17. The van der Waals surface area contributed by atoms with Crippen LogP contribution in [0.25, 0.3) is 10.2 Å². The zero-order valence-electron chi connectivity index (χ0n) is 16.2. The van der Waals surface area contributed by atoms with Crippen LogP contribution in [0.1, 0.15) is 20.9 Å².